The quantitative estimate of drug-likeness (QED) is 0.133. The summed E-state index contributed by atoms with van der Waals surface area (Å²) in [6.07, 6.45) is 6.88. The number of nitrogens with one attached hydrogen (secondary N) is 2. The Labute approximate surface area is 358 Å². The lowest BCUT2D eigenvalue weighted by atomic mass is 10.0. The van der Waals surface area contributed by atoms with E-state index in [0.717, 1.165) is 53.2 Å². The molecule has 4 heterocycles. The third kappa shape index (κ3) is 10.7. The van der Waals surface area contributed by atoms with Gasteiger partial charge in [0.2, 0.25) is 35.4 Å². The van der Waals surface area contributed by atoms with Gasteiger partial charge in [-0.2, -0.15) is 0 Å². The Morgan fingerprint density at radius 2 is 1.67 bits per heavy atom. The van der Waals surface area contributed by atoms with Crippen LogP contribution in [0.3, 0.4) is 0 Å². The van der Waals surface area contributed by atoms with Gasteiger partial charge in [0.1, 0.15) is 12.1 Å². The number of rotatable bonds is 17. The molecule has 0 radical (unpaired) electrons. The lowest BCUT2D eigenvalue weighted by molar-refractivity contribution is -0.147. The van der Waals surface area contributed by atoms with Crippen molar-refractivity contribution >= 4 is 62.4 Å². The van der Waals surface area contributed by atoms with Gasteiger partial charge in [0.05, 0.1) is 35.7 Å². The third-order valence-electron chi connectivity index (χ3n) is 12.4. The van der Waals surface area contributed by atoms with Gasteiger partial charge in [0.15, 0.2) is 0 Å². The minimum absolute atomic E-state index is 0.0386. The van der Waals surface area contributed by atoms with E-state index in [0.29, 0.717) is 57.3 Å². The summed E-state index contributed by atoms with van der Waals surface area (Å²) in [7, 11) is 1.69. The number of primary amides is 1. The standard InChI is InChI=1S/C44H58BrN7O8/c1-27-25-50(40(55)9-7-5-4-6-8-29-12-17-34-37(24-29)49(3)44(59)52(34)36-19-21-39(54)48-42(36)57)23-22-32-15-18-35(51(32)43(27)58)41(56)47-33(16-20-38(46)53)28(2)60-26-30-10-13-31(45)14-11-30/h10-14,17,24,27-28,32-33,35-36H,4-9,15-16,18-23,25-26H2,1-3H3,(H2,46,53)(H,47,56)(H,48,54,57)/t27-,28+,32+,33-,35-,36?/m0/s1. The average molecular weight is 893 g/mol. The van der Waals surface area contributed by atoms with Gasteiger partial charge in [-0.05, 0) is 93.7 Å². The van der Waals surface area contributed by atoms with Gasteiger partial charge in [-0.25, -0.2) is 4.79 Å². The van der Waals surface area contributed by atoms with Crippen molar-refractivity contribution in [2.45, 2.75) is 134 Å². The van der Waals surface area contributed by atoms with Crippen LogP contribution in [0.1, 0.15) is 108 Å². The fraction of sp³-hybridized carbons (Fsp3) is 0.568. The Kier molecular flexibility index (Phi) is 15.0. The Morgan fingerprint density at radius 1 is 0.933 bits per heavy atom. The van der Waals surface area contributed by atoms with Crippen LogP contribution in [0, 0.1) is 5.92 Å². The third-order valence-corrected chi connectivity index (χ3v) is 12.9. The van der Waals surface area contributed by atoms with Crippen LogP contribution in [0.25, 0.3) is 11.0 Å². The number of aryl methyl sites for hydroxylation is 2. The maximum atomic E-state index is 13.9. The Balaban J connectivity index is 0.958. The van der Waals surface area contributed by atoms with Crippen LogP contribution in [0.5, 0.6) is 0 Å². The molecular weight excluding hydrogens is 834 g/mol. The van der Waals surface area contributed by atoms with Crippen molar-refractivity contribution in [2.24, 2.45) is 18.7 Å². The monoisotopic (exact) mass is 891 g/mol. The number of fused-ring (bicyclic) bond motifs is 2. The maximum Gasteiger partial charge on any atom is 0.329 e. The normalized spacial score (nSPS) is 21.9. The predicted octanol–water partition coefficient (Wildman–Crippen LogP) is 4.16. The molecule has 0 spiro atoms. The molecule has 0 bridgehead atoms. The number of unbranched alkanes of at least 4 members (excludes halogenated alkanes) is 3. The largest absolute Gasteiger partial charge is 0.372 e. The summed E-state index contributed by atoms with van der Waals surface area (Å²) in [4.78, 5) is 93.7. The smallest absolute Gasteiger partial charge is 0.329 e. The molecule has 15 nitrogen and oxygen atoms in total. The number of halogens is 1. The molecule has 1 aromatic heterocycles. The van der Waals surface area contributed by atoms with Crippen molar-refractivity contribution < 1.29 is 33.5 Å². The Hall–Kier alpha value is -4.83. The lowest BCUT2D eigenvalue weighted by Crippen LogP contribution is -2.56. The summed E-state index contributed by atoms with van der Waals surface area (Å²) in [5.74, 6) is -2.08. The number of amides is 6. The van der Waals surface area contributed by atoms with Crippen molar-refractivity contribution in [1.82, 2.24) is 29.6 Å². The second-order valence-electron chi connectivity index (χ2n) is 16.7. The zero-order chi connectivity index (χ0) is 43.1. The van der Waals surface area contributed by atoms with Gasteiger partial charge < -0.3 is 25.6 Å². The molecule has 2 aromatic carbocycles. The molecule has 3 aromatic rings. The molecule has 0 aliphatic carbocycles. The number of piperidine rings is 1. The summed E-state index contributed by atoms with van der Waals surface area (Å²) in [6.45, 7) is 4.83. The van der Waals surface area contributed by atoms with Crippen molar-refractivity contribution in [3.05, 3.63) is 68.5 Å². The molecule has 4 N–H and O–H groups in total. The van der Waals surface area contributed by atoms with Crippen LogP contribution in [0.2, 0.25) is 0 Å². The highest BCUT2D eigenvalue weighted by atomic mass is 79.9. The van der Waals surface area contributed by atoms with Crippen LogP contribution in [0.15, 0.2) is 51.7 Å². The SMILES string of the molecule is C[C@H]1CN(C(=O)CCCCCCc2ccc3c(c2)n(C)c(=O)n3C2CCC(=O)NC2=O)CC[C@H]2CC[C@@H](C(=O)N[C@@H](CCC(N)=O)[C@@H](C)OCc3ccc(Br)cc3)N2C1=O. The van der Waals surface area contributed by atoms with Crippen LogP contribution in [-0.2, 0) is 53.6 Å². The molecule has 60 heavy (non-hydrogen) atoms. The molecule has 324 valence electrons. The minimum atomic E-state index is -0.719. The number of nitrogens with two attached hydrogens (primary N) is 1. The summed E-state index contributed by atoms with van der Waals surface area (Å²) in [5, 5.41) is 5.43. The second-order valence-corrected chi connectivity index (χ2v) is 17.6. The molecule has 3 fully saturated rings. The van der Waals surface area contributed by atoms with E-state index in [2.05, 4.69) is 26.6 Å². The summed E-state index contributed by atoms with van der Waals surface area (Å²) in [5.41, 5.74) is 8.63. The first-order valence-electron chi connectivity index (χ1n) is 21.3. The van der Waals surface area contributed by atoms with E-state index in [-0.39, 0.29) is 54.6 Å². The number of carbonyl (C=O) groups is 6. The Morgan fingerprint density at radius 3 is 2.40 bits per heavy atom. The first kappa shape index (κ1) is 44.7. The zero-order valence-corrected chi connectivity index (χ0v) is 36.4. The number of imide groups is 1. The molecule has 1 unspecified atom stereocenters. The molecule has 3 aliphatic heterocycles. The first-order valence-corrected chi connectivity index (χ1v) is 22.1. The Bertz CT molecular complexity index is 2130. The molecule has 6 amide bonds. The van der Waals surface area contributed by atoms with Gasteiger partial charge in [0, 0.05) is 49.9 Å². The predicted molar refractivity (Wildman–Crippen MR) is 228 cm³/mol. The van der Waals surface area contributed by atoms with Crippen LogP contribution < -0.4 is 22.1 Å². The van der Waals surface area contributed by atoms with Crippen molar-refractivity contribution in [2.75, 3.05) is 13.1 Å². The van der Waals surface area contributed by atoms with Crippen molar-refractivity contribution in [1.29, 1.82) is 0 Å². The summed E-state index contributed by atoms with van der Waals surface area (Å²) >= 11 is 3.44. The van der Waals surface area contributed by atoms with E-state index in [1.54, 1.807) is 16.5 Å². The van der Waals surface area contributed by atoms with Crippen molar-refractivity contribution in [3.63, 3.8) is 0 Å². The van der Waals surface area contributed by atoms with E-state index in [9.17, 15) is 33.6 Å². The van der Waals surface area contributed by atoms with E-state index in [4.69, 9.17) is 10.5 Å². The molecule has 6 rings (SSSR count). The highest BCUT2D eigenvalue weighted by Gasteiger charge is 2.44. The first-order chi connectivity index (χ1) is 28.7. The number of benzene rings is 2. The van der Waals surface area contributed by atoms with E-state index in [1.165, 1.54) is 4.57 Å². The van der Waals surface area contributed by atoms with E-state index in [1.807, 2.05) is 61.2 Å². The summed E-state index contributed by atoms with van der Waals surface area (Å²) < 4.78 is 10.1. The molecule has 3 saturated heterocycles. The highest BCUT2D eigenvalue weighted by Crippen LogP contribution is 2.31. The van der Waals surface area contributed by atoms with E-state index >= 15 is 0 Å². The highest BCUT2D eigenvalue weighted by molar-refractivity contribution is 9.10. The molecule has 3 aliphatic rings. The van der Waals surface area contributed by atoms with Gasteiger partial charge in [-0.1, -0.05) is 53.9 Å². The number of hydrogen-bond donors (Lipinski definition) is 3. The molecule has 6 atom stereocenters. The number of ether oxygens (including phenoxy) is 1. The van der Waals surface area contributed by atoms with Gasteiger partial charge in [0.25, 0.3) is 0 Å². The fourth-order valence-electron chi connectivity index (χ4n) is 8.88. The molecular formula is C44H58BrN7O8. The maximum absolute atomic E-state index is 13.9. The number of imidazole rings is 1. The molecule has 0 saturated carbocycles. The van der Waals surface area contributed by atoms with Crippen LogP contribution in [0.4, 0.5) is 0 Å². The molecule has 16 heteroatoms. The summed E-state index contributed by atoms with van der Waals surface area (Å²) in [6, 6.07) is 11.6. The van der Waals surface area contributed by atoms with Crippen LogP contribution >= 0.6 is 15.9 Å². The van der Waals surface area contributed by atoms with Crippen LogP contribution in [-0.4, -0.2) is 91.7 Å². The lowest BCUT2D eigenvalue weighted by Gasteiger charge is -2.38. The topological polar surface area (TPSA) is 195 Å². The van der Waals surface area contributed by atoms with Crippen molar-refractivity contribution in [3.8, 4) is 0 Å². The number of aromatic nitrogens is 2. The average Bonchev–Trinajstić information content (AvgIpc) is 3.75. The van der Waals surface area contributed by atoms with Gasteiger partial charge >= 0.3 is 5.69 Å². The second kappa shape index (κ2) is 20.2. The number of nitrogens with zero attached hydrogens (tertiary/aromatic N) is 4. The van der Waals surface area contributed by atoms with Gasteiger partial charge in [-0.3, -0.25) is 43.2 Å². The van der Waals surface area contributed by atoms with E-state index < -0.39 is 42.0 Å². The minimum Gasteiger partial charge on any atom is -0.372 e. The fourth-order valence-corrected chi connectivity index (χ4v) is 9.14. The van der Waals surface area contributed by atoms with Gasteiger partial charge in [-0.15, -0.1) is 0 Å². The number of hydrogen-bond acceptors (Lipinski definition) is 8. The number of carbonyl (C=O) groups excluding carboxylic acids is 6. The zero-order valence-electron chi connectivity index (χ0n) is 34.8.